The van der Waals surface area contributed by atoms with Gasteiger partial charge in [-0.05, 0) is 93.7 Å². The molecule has 1 aromatic heterocycles. The number of anilines is 1. The fourth-order valence-electron chi connectivity index (χ4n) is 7.42. The molecule has 166 valence electrons. The quantitative estimate of drug-likeness (QED) is 0.548. The zero-order chi connectivity index (χ0) is 21.4. The third-order valence-corrected chi connectivity index (χ3v) is 8.40. The summed E-state index contributed by atoms with van der Waals surface area (Å²) in [5.41, 5.74) is 1.62. The number of nitrogens with zero attached hydrogens (tertiary/aromatic N) is 2. The number of alkyl halides is 3. The molecule has 4 bridgehead atoms. The SMILES string of the molecule is FC(F)(F)c1cc(Cl)ccc1-n1nc(C23CC4CC(CC(C4)C2)C3)c2c1NCCCC2. The van der Waals surface area contributed by atoms with Crippen molar-refractivity contribution in [3.05, 3.63) is 40.0 Å². The number of rotatable bonds is 2. The summed E-state index contributed by atoms with van der Waals surface area (Å²) in [6, 6.07) is 4.02. The van der Waals surface area contributed by atoms with Crippen molar-refractivity contribution >= 4 is 17.4 Å². The normalized spacial score (nSPS) is 31.9. The molecule has 0 amide bonds. The monoisotopic (exact) mass is 449 g/mol. The Morgan fingerprint density at radius 2 is 1.71 bits per heavy atom. The standard InChI is InChI=1S/C24H27ClF3N3/c25-17-4-5-20(19(10-17)24(26,27)28)31-22-18(3-1-2-6-29-22)21(30-31)23-11-14-7-15(12-23)9-16(8-14)13-23/h4-5,10,14-16,29H,1-3,6-9,11-13H2. The first-order chi connectivity index (χ1) is 14.8. The van der Waals surface area contributed by atoms with Crippen molar-refractivity contribution in [3.63, 3.8) is 0 Å². The van der Waals surface area contributed by atoms with E-state index in [1.165, 1.54) is 31.4 Å². The zero-order valence-electron chi connectivity index (χ0n) is 17.4. The molecule has 0 radical (unpaired) electrons. The Bertz CT molecular complexity index is 991. The van der Waals surface area contributed by atoms with Crippen LogP contribution >= 0.6 is 11.6 Å². The van der Waals surface area contributed by atoms with Crippen LogP contribution in [0.3, 0.4) is 0 Å². The summed E-state index contributed by atoms with van der Waals surface area (Å²) >= 11 is 5.95. The van der Waals surface area contributed by atoms with E-state index in [2.05, 4.69) is 5.32 Å². The number of nitrogens with one attached hydrogen (secondary N) is 1. The fourth-order valence-corrected chi connectivity index (χ4v) is 7.60. The average molecular weight is 450 g/mol. The van der Waals surface area contributed by atoms with Gasteiger partial charge in [-0.2, -0.15) is 18.3 Å². The Hall–Kier alpha value is -1.69. The lowest BCUT2D eigenvalue weighted by Crippen LogP contribution is -2.49. The van der Waals surface area contributed by atoms with Crippen LogP contribution in [0, 0.1) is 17.8 Å². The van der Waals surface area contributed by atoms with Gasteiger partial charge in [-0.1, -0.05) is 11.6 Å². The van der Waals surface area contributed by atoms with E-state index in [9.17, 15) is 13.2 Å². The van der Waals surface area contributed by atoms with Gasteiger partial charge in [0.25, 0.3) is 0 Å². The Kier molecular flexibility index (Phi) is 4.44. The van der Waals surface area contributed by atoms with Crippen molar-refractivity contribution in [1.29, 1.82) is 0 Å². The summed E-state index contributed by atoms with van der Waals surface area (Å²) in [6.45, 7) is 0.758. The van der Waals surface area contributed by atoms with Crippen LogP contribution in [0.2, 0.25) is 5.02 Å². The van der Waals surface area contributed by atoms with Crippen molar-refractivity contribution in [3.8, 4) is 5.69 Å². The van der Waals surface area contributed by atoms with Gasteiger partial charge in [0.15, 0.2) is 0 Å². The first kappa shape index (κ1) is 20.0. The lowest BCUT2D eigenvalue weighted by atomic mass is 9.48. The topological polar surface area (TPSA) is 29.9 Å². The van der Waals surface area contributed by atoms with E-state index in [-0.39, 0.29) is 16.1 Å². The van der Waals surface area contributed by atoms with Crippen LogP contribution in [0.1, 0.15) is 68.2 Å². The van der Waals surface area contributed by atoms with Crippen LogP contribution in [-0.4, -0.2) is 16.3 Å². The van der Waals surface area contributed by atoms with E-state index in [0.717, 1.165) is 86.0 Å². The minimum absolute atomic E-state index is 0.0426. The molecule has 7 rings (SSSR count). The van der Waals surface area contributed by atoms with Crippen molar-refractivity contribution in [1.82, 2.24) is 9.78 Å². The molecular formula is C24H27ClF3N3. The number of hydrogen-bond acceptors (Lipinski definition) is 2. The molecule has 2 heterocycles. The van der Waals surface area contributed by atoms with E-state index in [4.69, 9.17) is 16.7 Å². The second-order valence-electron chi connectivity index (χ2n) is 10.3. The van der Waals surface area contributed by atoms with Crippen LogP contribution < -0.4 is 5.32 Å². The van der Waals surface area contributed by atoms with Gasteiger partial charge in [-0.25, -0.2) is 4.68 Å². The van der Waals surface area contributed by atoms with Gasteiger partial charge >= 0.3 is 6.18 Å². The van der Waals surface area contributed by atoms with Crippen LogP contribution in [0.4, 0.5) is 19.0 Å². The summed E-state index contributed by atoms with van der Waals surface area (Å²) in [5, 5.41) is 8.53. The zero-order valence-corrected chi connectivity index (χ0v) is 18.2. The predicted molar refractivity (Wildman–Crippen MR) is 115 cm³/mol. The van der Waals surface area contributed by atoms with Crippen LogP contribution in [0.15, 0.2) is 18.2 Å². The lowest BCUT2D eigenvalue weighted by molar-refractivity contribution is -0.137. The number of aromatic nitrogens is 2. The van der Waals surface area contributed by atoms with E-state index in [1.54, 1.807) is 4.68 Å². The molecule has 0 spiro atoms. The number of hydrogen-bond donors (Lipinski definition) is 1. The molecule has 0 unspecified atom stereocenters. The Morgan fingerprint density at radius 3 is 2.35 bits per heavy atom. The van der Waals surface area contributed by atoms with Gasteiger partial charge in [0.2, 0.25) is 0 Å². The van der Waals surface area contributed by atoms with E-state index in [1.807, 2.05) is 0 Å². The lowest BCUT2D eigenvalue weighted by Gasteiger charge is -2.56. The second kappa shape index (κ2) is 6.90. The molecule has 1 N–H and O–H groups in total. The Labute approximate surface area is 185 Å². The van der Waals surface area contributed by atoms with E-state index >= 15 is 0 Å². The van der Waals surface area contributed by atoms with Crippen molar-refractivity contribution in [2.45, 2.75) is 69.4 Å². The number of halogens is 4. The maximum atomic E-state index is 13.9. The molecule has 3 nitrogen and oxygen atoms in total. The van der Waals surface area contributed by atoms with Gasteiger partial charge in [-0.15, -0.1) is 0 Å². The molecule has 7 heteroatoms. The highest BCUT2D eigenvalue weighted by molar-refractivity contribution is 6.30. The molecule has 0 saturated heterocycles. The molecule has 0 atom stereocenters. The fraction of sp³-hybridized carbons (Fsp3) is 0.625. The van der Waals surface area contributed by atoms with Gasteiger partial charge in [0.1, 0.15) is 5.82 Å². The third-order valence-electron chi connectivity index (χ3n) is 8.16. The first-order valence-electron chi connectivity index (χ1n) is 11.6. The molecule has 31 heavy (non-hydrogen) atoms. The molecule has 4 aliphatic carbocycles. The third kappa shape index (κ3) is 3.20. The minimum atomic E-state index is -4.50. The van der Waals surface area contributed by atoms with Gasteiger partial charge in [0.05, 0.1) is 16.9 Å². The van der Waals surface area contributed by atoms with E-state index in [0.29, 0.717) is 0 Å². The molecule has 5 aliphatic rings. The molecule has 2 aromatic rings. The van der Waals surface area contributed by atoms with Crippen LogP contribution in [0.5, 0.6) is 0 Å². The second-order valence-corrected chi connectivity index (χ2v) is 10.8. The highest BCUT2D eigenvalue weighted by Gasteiger charge is 2.54. The Balaban J connectivity index is 1.54. The maximum Gasteiger partial charge on any atom is 0.418 e. The molecule has 4 fully saturated rings. The predicted octanol–water partition coefficient (Wildman–Crippen LogP) is 6.76. The van der Waals surface area contributed by atoms with Crippen molar-refractivity contribution in [2.24, 2.45) is 17.8 Å². The smallest absolute Gasteiger partial charge is 0.370 e. The summed E-state index contributed by atoms with van der Waals surface area (Å²) < 4.78 is 43.3. The highest BCUT2D eigenvalue weighted by Crippen LogP contribution is 2.61. The number of fused-ring (bicyclic) bond motifs is 1. The summed E-state index contributed by atoms with van der Waals surface area (Å²) in [4.78, 5) is 0. The summed E-state index contributed by atoms with van der Waals surface area (Å²) in [5.74, 6) is 3.03. The minimum Gasteiger partial charge on any atom is -0.370 e. The Morgan fingerprint density at radius 1 is 1.03 bits per heavy atom. The molecule has 4 saturated carbocycles. The van der Waals surface area contributed by atoms with Gasteiger partial charge in [-0.3, -0.25) is 0 Å². The maximum absolute atomic E-state index is 13.9. The number of benzene rings is 1. The average Bonchev–Trinajstić information content (AvgIpc) is 2.89. The van der Waals surface area contributed by atoms with Crippen molar-refractivity contribution < 1.29 is 13.2 Å². The largest absolute Gasteiger partial charge is 0.418 e. The van der Waals surface area contributed by atoms with Crippen LogP contribution in [0.25, 0.3) is 5.69 Å². The summed E-state index contributed by atoms with van der Waals surface area (Å²) in [7, 11) is 0. The molecule has 1 aliphatic heterocycles. The van der Waals surface area contributed by atoms with Crippen LogP contribution in [-0.2, 0) is 18.0 Å². The van der Waals surface area contributed by atoms with Gasteiger partial charge < -0.3 is 5.32 Å². The first-order valence-corrected chi connectivity index (χ1v) is 11.9. The van der Waals surface area contributed by atoms with Gasteiger partial charge in [0, 0.05) is 22.5 Å². The summed E-state index contributed by atoms with van der Waals surface area (Å²) in [6.07, 6.45) is 5.87. The molecular weight excluding hydrogens is 423 g/mol. The molecule has 1 aromatic carbocycles. The van der Waals surface area contributed by atoms with Crippen molar-refractivity contribution in [2.75, 3.05) is 11.9 Å². The highest BCUT2D eigenvalue weighted by atomic mass is 35.5. The van der Waals surface area contributed by atoms with E-state index < -0.39 is 11.7 Å².